The lowest BCUT2D eigenvalue weighted by Gasteiger charge is -2.02. The number of aromatic nitrogens is 2. The molecule has 25 heavy (non-hydrogen) atoms. The summed E-state index contributed by atoms with van der Waals surface area (Å²) >= 11 is 2.54. The zero-order valence-electron chi connectivity index (χ0n) is 13.4. The molecule has 0 radical (unpaired) electrons. The number of hydrogen-bond acceptors (Lipinski definition) is 7. The molecule has 0 saturated heterocycles. The summed E-state index contributed by atoms with van der Waals surface area (Å²) in [6.07, 6.45) is 0. The van der Waals surface area contributed by atoms with Crippen LogP contribution in [0.2, 0.25) is 0 Å². The number of nitrogens with one attached hydrogen (secondary N) is 1. The van der Waals surface area contributed by atoms with E-state index in [0.29, 0.717) is 31.6 Å². The summed E-state index contributed by atoms with van der Waals surface area (Å²) in [5, 5.41) is 11.6. The van der Waals surface area contributed by atoms with Crippen LogP contribution in [0.25, 0.3) is 10.2 Å². The summed E-state index contributed by atoms with van der Waals surface area (Å²) in [5.41, 5.74) is 1.31. The smallest absolute Gasteiger partial charge is 0.269 e. The largest absolute Gasteiger partial charge is 0.301 e. The lowest BCUT2D eigenvalue weighted by Crippen LogP contribution is -2.09. The highest BCUT2D eigenvalue weighted by molar-refractivity contribution is 7.98. The van der Waals surface area contributed by atoms with E-state index in [0.717, 1.165) is 5.56 Å². The number of H-pyrrole nitrogens is 1. The molecule has 0 spiro atoms. The molecular formula is C16H13N3O4S2. The van der Waals surface area contributed by atoms with Gasteiger partial charge in [-0.25, -0.2) is 4.98 Å². The molecule has 7 nitrogen and oxygen atoms in total. The van der Waals surface area contributed by atoms with Crippen LogP contribution < -0.4 is 5.56 Å². The van der Waals surface area contributed by atoms with E-state index in [1.165, 1.54) is 42.2 Å². The van der Waals surface area contributed by atoms with Gasteiger partial charge in [0.05, 0.1) is 15.2 Å². The maximum atomic E-state index is 12.3. The number of benzene rings is 1. The fourth-order valence-electron chi connectivity index (χ4n) is 2.39. The van der Waals surface area contributed by atoms with Crippen molar-refractivity contribution in [2.24, 2.45) is 0 Å². The number of aromatic amines is 1. The number of nitro benzene ring substituents is 1. The Labute approximate surface area is 150 Å². The fraction of sp³-hybridized carbons (Fsp3) is 0.188. The van der Waals surface area contributed by atoms with Gasteiger partial charge >= 0.3 is 0 Å². The van der Waals surface area contributed by atoms with E-state index in [1.807, 2.05) is 0 Å². The van der Waals surface area contributed by atoms with Gasteiger partial charge in [-0.3, -0.25) is 19.7 Å². The highest BCUT2D eigenvalue weighted by atomic mass is 32.2. The Bertz CT molecular complexity index is 1040. The minimum atomic E-state index is -0.449. The van der Waals surface area contributed by atoms with Crippen LogP contribution in [0.15, 0.2) is 34.2 Å². The van der Waals surface area contributed by atoms with Crippen LogP contribution in [-0.4, -0.2) is 20.7 Å². The number of aryl methyl sites for hydroxylation is 1. The van der Waals surface area contributed by atoms with Gasteiger partial charge in [-0.05, 0) is 25.0 Å². The summed E-state index contributed by atoms with van der Waals surface area (Å²) in [6, 6.07) is 6.23. The first-order chi connectivity index (χ1) is 11.9. The number of carbonyl (C=O) groups is 1. The quantitative estimate of drug-likeness (QED) is 0.240. The molecule has 0 aliphatic rings. The minimum Gasteiger partial charge on any atom is -0.301 e. The van der Waals surface area contributed by atoms with E-state index >= 15 is 0 Å². The second-order valence-electron chi connectivity index (χ2n) is 5.38. The van der Waals surface area contributed by atoms with Crippen molar-refractivity contribution in [3.8, 4) is 0 Å². The number of nitrogens with zero attached hydrogens (tertiary/aromatic N) is 2. The lowest BCUT2D eigenvalue weighted by atomic mass is 10.2. The third kappa shape index (κ3) is 3.47. The topological polar surface area (TPSA) is 106 Å². The van der Waals surface area contributed by atoms with Crippen molar-refractivity contribution < 1.29 is 9.72 Å². The van der Waals surface area contributed by atoms with Crippen LogP contribution >= 0.6 is 23.1 Å². The molecule has 3 aromatic rings. The van der Waals surface area contributed by atoms with Gasteiger partial charge in [0.2, 0.25) is 0 Å². The van der Waals surface area contributed by atoms with Gasteiger partial charge in [-0.2, -0.15) is 0 Å². The molecule has 0 bridgehead atoms. The Morgan fingerprint density at radius 2 is 2.04 bits per heavy atom. The number of rotatable bonds is 5. The van der Waals surface area contributed by atoms with E-state index in [4.69, 9.17) is 0 Å². The van der Waals surface area contributed by atoms with E-state index in [9.17, 15) is 19.7 Å². The first-order valence-corrected chi connectivity index (χ1v) is 9.07. The zero-order chi connectivity index (χ0) is 18.1. The van der Waals surface area contributed by atoms with Gasteiger partial charge in [0.15, 0.2) is 10.9 Å². The van der Waals surface area contributed by atoms with Crippen LogP contribution in [0.4, 0.5) is 5.69 Å². The van der Waals surface area contributed by atoms with Crippen molar-refractivity contribution in [3.63, 3.8) is 0 Å². The molecule has 1 aromatic carbocycles. The number of carbonyl (C=O) groups excluding carboxylic acids is 1. The van der Waals surface area contributed by atoms with Crippen LogP contribution in [0, 0.1) is 17.0 Å². The van der Waals surface area contributed by atoms with Gasteiger partial charge in [-0.15, -0.1) is 11.3 Å². The predicted molar refractivity (Wildman–Crippen MR) is 97.6 cm³/mol. The third-order valence-corrected chi connectivity index (χ3v) is 5.85. The first-order valence-electron chi connectivity index (χ1n) is 7.27. The maximum absolute atomic E-state index is 12.3. The van der Waals surface area contributed by atoms with E-state index in [1.54, 1.807) is 19.1 Å². The van der Waals surface area contributed by atoms with E-state index in [-0.39, 0.29) is 17.0 Å². The zero-order valence-corrected chi connectivity index (χ0v) is 15.0. The third-order valence-electron chi connectivity index (χ3n) is 3.62. The monoisotopic (exact) mass is 375 g/mol. The van der Waals surface area contributed by atoms with Crippen LogP contribution in [0.3, 0.4) is 0 Å². The Morgan fingerprint density at radius 1 is 1.36 bits per heavy atom. The Balaban J connectivity index is 1.85. The van der Waals surface area contributed by atoms with Crippen molar-refractivity contribution in [2.45, 2.75) is 24.8 Å². The molecule has 0 fully saturated rings. The van der Waals surface area contributed by atoms with Gasteiger partial charge in [-0.1, -0.05) is 23.9 Å². The second-order valence-corrected chi connectivity index (χ2v) is 7.34. The second kappa shape index (κ2) is 6.77. The Morgan fingerprint density at radius 3 is 2.64 bits per heavy atom. The van der Waals surface area contributed by atoms with Gasteiger partial charge in [0, 0.05) is 17.9 Å². The number of Topliss-reactive ketones (excluding diaryl/α,β-unsaturated/α-hetero) is 1. The van der Waals surface area contributed by atoms with Gasteiger partial charge in [0.25, 0.3) is 11.2 Å². The number of non-ortho nitro benzene ring substituents is 1. The summed E-state index contributed by atoms with van der Waals surface area (Å²) in [6.45, 7) is 3.21. The molecule has 0 unspecified atom stereocenters. The minimum absolute atomic E-state index is 0.0347. The molecule has 2 heterocycles. The number of ketones is 1. The Kier molecular flexibility index (Phi) is 4.69. The molecule has 3 rings (SSSR count). The summed E-state index contributed by atoms with van der Waals surface area (Å²) in [7, 11) is 0. The number of nitro groups is 1. The standard InChI is InChI=1S/C16H13N3O4S2/c1-8-12-14(21)17-16(18-15(12)25-13(8)9(2)20)24-7-10-3-5-11(6-4-10)19(22)23/h3-6H,7H2,1-2H3,(H,17,18,21). The van der Waals surface area contributed by atoms with Crippen molar-refractivity contribution in [1.82, 2.24) is 9.97 Å². The van der Waals surface area contributed by atoms with Crippen molar-refractivity contribution >= 4 is 44.8 Å². The van der Waals surface area contributed by atoms with E-state index in [2.05, 4.69) is 9.97 Å². The SMILES string of the molecule is CC(=O)c1sc2nc(SCc3ccc([N+](=O)[O-])cc3)[nH]c(=O)c2c1C. The summed E-state index contributed by atoms with van der Waals surface area (Å²) in [4.78, 5) is 42.4. The summed E-state index contributed by atoms with van der Waals surface area (Å²) in [5.74, 6) is 0.427. The predicted octanol–water partition coefficient (Wildman–Crippen LogP) is 3.70. The van der Waals surface area contributed by atoms with Crippen LogP contribution in [0.5, 0.6) is 0 Å². The summed E-state index contributed by atoms with van der Waals surface area (Å²) < 4.78 is 0. The number of fused-ring (bicyclic) bond motifs is 1. The number of hydrogen-bond donors (Lipinski definition) is 1. The number of thioether (sulfide) groups is 1. The lowest BCUT2D eigenvalue weighted by molar-refractivity contribution is -0.384. The average Bonchev–Trinajstić information content (AvgIpc) is 2.91. The highest BCUT2D eigenvalue weighted by Crippen LogP contribution is 2.29. The fourth-order valence-corrected chi connectivity index (χ4v) is 4.35. The first kappa shape index (κ1) is 17.3. The van der Waals surface area contributed by atoms with Gasteiger partial charge in [0.1, 0.15) is 4.83 Å². The van der Waals surface area contributed by atoms with Crippen molar-refractivity contribution in [1.29, 1.82) is 0 Å². The van der Waals surface area contributed by atoms with Crippen LogP contribution in [-0.2, 0) is 5.75 Å². The molecule has 0 aliphatic heterocycles. The molecular weight excluding hydrogens is 362 g/mol. The van der Waals surface area contributed by atoms with Crippen molar-refractivity contribution in [3.05, 3.63) is 60.7 Å². The molecule has 128 valence electrons. The molecule has 0 aliphatic carbocycles. The maximum Gasteiger partial charge on any atom is 0.269 e. The van der Waals surface area contributed by atoms with Crippen LogP contribution in [0.1, 0.15) is 27.7 Å². The number of thiophene rings is 1. The average molecular weight is 375 g/mol. The van der Waals surface area contributed by atoms with E-state index < -0.39 is 4.92 Å². The Hall–Kier alpha value is -2.52. The van der Waals surface area contributed by atoms with Gasteiger partial charge < -0.3 is 4.98 Å². The molecule has 1 N–H and O–H groups in total. The molecule has 9 heteroatoms. The van der Waals surface area contributed by atoms with Crippen molar-refractivity contribution in [2.75, 3.05) is 0 Å². The molecule has 0 atom stereocenters. The normalized spacial score (nSPS) is 11.0. The highest BCUT2D eigenvalue weighted by Gasteiger charge is 2.17. The molecule has 2 aromatic heterocycles. The molecule has 0 saturated carbocycles. The molecule has 0 amide bonds.